The van der Waals surface area contributed by atoms with Gasteiger partial charge in [0.1, 0.15) is 0 Å². The van der Waals surface area contributed by atoms with E-state index in [0.29, 0.717) is 0 Å². The van der Waals surface area contributed by atoms with Gasteiger partial charge in [-0.3, -0.25) is 0 Å². The lowest BCUT2D eigenvalue weighted by Gasteiger charge is -1.93. The van der Waals surface area contributed by atoms with E-state index >= 15 is 0 Å². The Labute approximate surface area is 219 Å². The Morgan fingerprint density at radius 3 is 0.444 bits per heavy atom. The van der Waals surface area contributed by atoms with E-state index in [2.05, 4.69) is 152 Å². The summed E-state index contributed by atoms with van der Waals surface area (Å²) in [6.07, 6.45) is 0. The summed E-state index contributed by atoms with van der Waals surface area (Å²) < 4.78 is 0. The van der Waals surface area contributed by atoms with Gasteiger partial charge in [0.2, 0.25) is 0 Å². The van der Waals surface area contributed by atoms with Gasteiger partial charge < -0.3 is 15.1 Å². The highest BCUT2D eigenvalue weighted by Gasteiger charge is 1.92. The van der Waals surface area contributed by atoms with Crippen molar-refractivity contribution in [1.82, 2.24) is 0 Å². The number of hydrogen-bond donors (Lipinski definition) is 3. The number of rotatable bonds is 0. The van der Waals surface area contributed by atoms with Gasteiger partial charge in [0.15, 0.2) is 0 Å². The van der Waals surface area contributed by atoms with Crippen LogP contribution in [-0.4, -0.2) is 22.4 Å². The van der Waals surface area contributed by atoms with Crippen LogP contribution in [0.4, 0.5) is 0 Å². The van der Waals surface area contributed by atoms with Crippen molar-refractivity contribution in [3.63, 3.8) is 0 Å². The van der Waals surface area contributed by atoms with Gasteiger partial charge in [0.05, 0.1) is 0 Å². The minimum atomic E-state index is -2.17. The Morgan fingerprint density at radius 1 is 0.306 bits per heavy atom. The molecule has 4 aromatic carbocycles. The molecule has 0 unspecified atom stereocenters. The SMILES string of the molecule is Cc1ccccc1C.Cc1ccccc1C.Cc1ccccc1C.Cc1ccccc1C.OB(O)O. The molecule has 0 heterocycles. The van der Waals surface area contributed by atoms with E-state index in [1.54, 1.807) is 0 Å². The van der Waals surface area contributed by atoms with Crippen molar-refractivity contribution in [2.45, 2.75) is 55.4 Å². The highest BCUT2D eigenvalue weighted by Crippen LogP contribution is 2.04. The quantitative estimate of drug-likeness (QED) is 0.231. The van der Waals surface area contributed by atoms with Crippen LogP contribution >= 0.6 is 0 Å². The average Bonchev–Trinajstić information content (AvgIpc) is 2.83. The molecule has 0 spiro atoms. The van der Waals surface area contributed by atoms with Crippen molar-refractivity contribution in [3.05, 3.63) is 142 Å². The van der Waals surface area contributed by atoms with E-state index in [0.717, 1.165) is 0 Å². The number of benzene rings is 4. The standard InChI is InChI=1S/4C8H10.BH3O3/c4*1-7-5-3-4-6-8(7)2;2-1(3)4/h4*3-6H,1-2H3;2-4H. The molecule has 0 atom stereocenters. The fraction of sp³-hybridized carbons (Fsp3) is 0.250. The maximum Gasteiger partial charge on any atom is 0.631 e. The molecule has 0 aliphatic rings. The first-order valence-electron chi connectivity index (χ1n) is 12.1. The van der Waals surface area contributed by atoms with Gasteiger partial charge in [0, 0.05) is 0 Å². The normalized spacial score (nSPS) is 8.97. The van der Waals surface area contributed by atoms with Crippen LogP contribution in [0, 0.1) is 55.4 Å². The molecule has 4 rings (SSSR count). The summed E-state index contributed by atoms with van der Waals surface area (Å²) in [5.41, 5.74) is 10.9. The zero-order chi connectivity index (χ0) is 27.5. The van der Waals surface area contributed by atoms with Gasteiger partial charge in [-0.2, -0.15) is 0 Å². The van der Waals surface area contributed by atoms with Crippen LogP contribution in [-0.2, 0) is 0 Å². The molecule has 0 saturated carbocycles. The van der Waals surface area contributed by atoms with Crippen LogP contribution in [0.1, 0.15) is 44.5 Å². The van der Waals surface area contributed by atoms with Crippen LogP contribution in [0.25, 0.3) is 0 Å². The van der Waals surface area contributed by atoms with E-state index in [1.165, 1.54) is 44.5 Å². The van der Waals surface area contributed by atoms with Crippen LogP contribution in [0.15, 0.2) is 97.1 Å². The fourth-order valence-corrected chi connectivity index (χ4v) is 2.65. The molecule has 0 fully saturated rings. The minimum Gasteiger partial charge on any atom is -0.402 e. The lowest BCUT2D eigenvalue weighted by Crippen LogP contribution is -2.07. The smallest absolute Gasteiger partial charge is 0.402 e. The molecule has 36 heavy (non-hydrogen) atoms. The summed E-state index contributed by atoms with van der Waals surface area (Å²) >= 11 is 0. The Bertz CT molecular complexity index is 863. The largest absolute Gasteiger partial charge is 0.631 e. The average molecular weight is 487 g/mol. The number of aryl methyl sites for hydroxylation is 8. The van der Waals surface area contributed by atoms with Crippen LogP contribution in [0.5, 0.6) is 0 Å². The van der Waals surface area contributed by atoms with Gasteiger partial charge in [0.25, 0.3) is 0 Å². The Morgan fingerprint density at radius 2 is 0.389 bits per heavy atom. The van der Waals surface area contributed by atoms with Crippen molar-refractivity contribution in [3.8, 4) is 0 Å². The zero-order valence-electron chi connectivity index (χ0n) is 23.2. The summed E-state index contributed by atoms with van der Waals surface area (Å²) in [5.74, 6) is 0. The second kappa shape index (κ2) is 19.1. The molecule has 0 aliphatic carbocycles. The lowest BCUT2D eigenvalue weighted by atomic mass is 10.1. The summed E-state index contributed by atoms with van der Waals surface area (Å²) in [6, 6.07) is 33.4. The Balaban J connectivity index is 0.000000433. The summed E-state index contributed by atoms with van der Waals surface area (Å²) in [6.45, 7) is 17.0. The van der Waals surface area contributed by atoms with Crippen LogP contribution < -0.4 is 0 Å². The molecule has 0 aliphatic heterocycles. The molecule has 0 aromatic heterocycles. The van der Waals surface area contributed by atoms with Gasteiger partial charge in [-0.1, -0.05) is 97.1 Å². The van der Waals surface area contributed by atoms with Crippen molar-refractivity contribution in [2.24, 2.45) is 0 Å². The molecule has 0 saturated heterocycles. The third kappa shape index (κ3) is 16.5. The first kappa shape index (κ1) is 32.8. The van der Waals surface area contributed by atoms with E-state index in [1.807, 2.05) is 0 Å². The molecule has 4 heteroatoms. The summed E-state index contributed by atoms with van der Waals surface area (Å²) in [5, 5.41) is 21.5. The van der Waals surface area contributed by atoms with E-state index in [9.17, 15) is 0 Å². The zero-order valence-corrected chi connectivity index (χ0v) is 23.2. The predicted molar refractivity (Wildman–Crippen MR) is 156 cm³/mol. The summed E-state index contributed by atoms with van der Waals surface area (Å²) in [4.78, 5) is 0. The molecule has 0 radical (unpaired) electrons. The third-order valence-electron chi connectivity index (χ3n) is 5.70. The van der Waals surface area contributed by atoms with Crippen molar-refractivity contribution < 1.29 is 15.1 Å². The fourth-order valence-electron chi connectivity index (χ4n) is 2.65. The van der Waals surface area contributed by atoms with Crippen molar-refractivity contribution in [1.29, 1.82) is 0 Å². The van der Waals surface area contributed by atoms with Gasteiger partial charge in [-0.05, 0) is 99.9 Å². The van der Waals surface area contributed by atoms with Crippen molar-refractivity contribution in [2.75, 3.05) is 0 Å². The highest BCUT2D eigenvalue weighted by molar-refractivity contribution is 6.30. The molecule has 0 bridgehead atoms. The van der Waals surface area contributed by atoms with Crippen LogP contribution in [0.3, 0.4) is 0 Å². The van der Waals surface area contributed by atoms with E-state index < -0.39 is 7.32 Å². The summed E-state index contributed by atoms with van der Waals surface area (Å²) in [7, 11) is -2.17. The van der Waals surface area contributed by atoms with E-state index in [-0.39, 0.29) is 0 Å². The first-order chi connectivity index (χ1) is 17.0. The number of hydrogen-bond acceptors (Lipinski definition) is 3. The van der Waals surface area contributed by atoms with Gasteiger partial charge >= 0.3 is 7.32 Å². The topological polar surface area (TPSA) is 60.7 Å². The molecule has 3 N–H and O–H groups in total. The van der Waals surface area contributed by atoms with Gasteiger partial charge in [-0.25, -0.2) is 0 Å². The first-order valence-corrected chi connectivity index (χ1v) is 12.1. The molecule has 4 aromatic rings. The Kier molecular flexibility index (Phi) is 17.4. The molecular formula is C32H43BO3. The molecule has 3 nitrogen and oxygen atoms in total. The van der Waals surface area contributed by atoms with E-state index in [4.69, 9.17) is 15.1 Å². The Hall–Kier alpha value is -3.18. The second-order valence-electron chi connectivity index (χ2n) is 8.68. The monoisotopic (exact) mass is 486 g/mol. The van der Waals surface area contributed by atoms with Crippen LogP contribution in [0.2, 0.25) is 0 Å². The predicted octanol–water partition coefficient (Wildman–Crippen LogP) is 7.16. The highest BCUT2D eigenvalue weighted by atomic mass is 16.5. The van der Waals surface area contributed by atoms with Gasteiger partial charge in [-0.15, -0.1) is 0 Å². The molecular weight excluding hydrogens is 443 g/mol. The molecule has 192 valence electrons. The maximum atomic E-state index is 7.17. The lowest BCUT2D eigenvalue weighted by molar-refractivity contribution is 0.278. The maximum absolute atomic E-state index is 7.17. The third-order valence-corrected chi connectivity index (χ3v) is 5.70. The second-order valence-corrected chi connectivity index (χ2v) is 8.68. The van der Waals surface area contributed by atoms with Crippen molar-refractivity contribution >= 4 is 7.32 Å². The minimum absolute atomic E-state index is 1.37. The molecule has 0 amide bonds.